The van der Waals surface area contributed by atoms with E-state index in [4.69, 9.17) is 9.72 Å². The number of hydrogen-bond donors (Lipinski definition) is 1. The molecule has 6 heteroatoms. The highest BCUT2D eigenvalue weighted by Gasteiger charge is 2.19. The second kappa shape index (κ2) is 8.92. The highest BCUT2D eigenvalue weighted by Crippen LogP contribution is 2.28. The molecule has 0 saturated carbocycles. The Labute approximate surface area is 172 Å². The van der Waals surface area contributed by atoms with E-state index in [1.54, 1.807) is 7.11 Å². The third-order valence-electron chi connectivity index (χ3n) is 5.16. The van der Waals surface area contributed by atoms with Crippen LogP contribution in [0.1, 0.15) is 11.1 Å². The Morgan fingerprint density at radius 2 is 1.79 bits per heavy atom. The summed E-state index contributed by atoms with van der Waals surface area (Å²) in [6.07, 6.45) is 1.81. The van der Waals surface area contributed by atoms with Crippen LogP contribution in [-0.2, 0) is 6.54 Å². The van der Waals surface area contributed by atoms with Gasteiger partial charge in [-0.05, 0) is 36.2 Å². The SMILES string of the molecule is COc1ccc(C)cc1Nc1ccnc(N2CCN(Cc3ccccc3)CC2)n1. The molecule has 0 unspecified atom stereocenters. The summed E-state index contributed by atoms with van der Waals surface area (Å²) in [5.41, 5.74) is 3.43. The molecule has 4 rings (SSSR count). The van der Waals surface area contributed by atoms with Gasteiger partial charge < -0.3 is 15.0 Å². The number of anilines is 3. The van der Waals surface area contributed by atoms with Crippen LogP contribution in [0.4, 0.5) is 17.5 Å². The van der Waals surface area contributed by atoms with E-state index in [1.807, 2.05) is 24.4 Å². The Bertz CT molecular complexity index is 939. The molecular weight excluding hydrogens is 362 g/mol. The molecule has 1 aromatic heterocycles. The van der Waals surface area contributed by atoms with Crippen LogP contribution in [0.2, 0.25) is 0 Å². The fraction of sp³-hybridized carbons (Fsp3) is 0.304. The second-order valence-electron chi connectivity index (χ2n) is 7.32. The number of methoxy groups -OCH3 is 1. The molecule has 0 atom stereocenters. The van der Waals surface area contributed by atoms with E-state index in [0.29, 0.717) is 0 Å². The maximum Gasteiger partial charge on any atom is 0.227 e. The largest absolute Gasteiger partial charge is 0.495 e. The van der Waals surface area contributed by atoms with Gasteiger partial charge in [0, 0.05) is 38.9 Å². The van der Waals surface area contributed by atoms with Gasteiger partial charge >= 0.3 is 0 Å². The minimum atomic E-state index is 0.765. The van der Waals surface area contributed by atoms with Crippen molar-refractivity contribution in [3.05, 3.63) is 71.9 Å². The van der Waals surface area contributed by atoms with Crippen LogP contribution < -0.4 is 15.0 Å². The fourth-order valence-electron chi connectivity index (χ4n) is 3.58. The number of ether oxygens (including phenoxy) is 1. The Hall–Kier alpha value is -3.12. The molecular formula is C23H27N5O. The standard InChI is InChI=1S/C23H27N5O/c1-18-8-9-21(29-2)20(16-18)25-22-10-11-24-23(26-22)28-14-12-27(13-15-28)17-19-6-4-3-5-7-19/h3-11,16H,12-15,17H2,1-2H3,(H,24,25,26). The predicted molar refractivity (Wildman–Crippen MR) is 117 cm³/mol. The van der Waals surface area contributed by atoms with Gasteiger partial charge in [0.25, 0.3) is 0 Å². The summed E-state index contributed by atoms with van der Waals surface area (Å²) < 4.78 is 5.46. The van der Waals surface area contributed by atoms with Crippen LogP contribution in [0.3, 0.4) is 0 Å². The van der Waals surface area contributed by atoms with Gasteiger partial charge in [-0.15, -0.1) is 0 Å². The van der Waals surface area contributed by atoms with Gasteiger partial charge in [0.1, 0.15) is 11.6 Å². The second-order valence-corrected chi connectivity index (χ2v) is 7.32. The van der Waals surface area contributed by atoms with E-state index in [1.165, 1.54) is 5.56 Å². The molecule has 1 aliphatic heterocycles. The number of nitrogens with one attached hydrogen (secondary N) is 1. The summed E-state index contributed by atoms with van der Waals surface area (Å²) in [5.74, 6) is 2.33. The molecule has 0 amide bonds. The molecule has 29 heavy (non-hydrogen) atoms. The van der Waals surface area contributed by atoms with Crippen molar-refractivity contribution in [2.75, 3.05) is 43.5 Å². The lowest BCUT2D eigenvalue weighted by molar-refractivity contribution is 0.248. The lowest BCUT2D eigenvalue weighted by Gasteiger charge is -2.34. The highest BCUT2D eigenvalue weighted by molar-refractivity contribution is 5.65. The van der Waals surface area contributed by atoms with Crippen molar-refractivity contribution in [3.8, 4) is 5.75 Å². The molecule has 6 nitrogen and oxygen atoms in total. The summed E-state index contributed by atoms with van der Waals surface area (Å²) >= 11 is 0. The smallest absolute Gasteiger partial charge is 0.227 e. The average Bonchev–Trinajstić information content (AvgIpc) is 2.75. The zero-order valence-electron chi connectivity index (χ0n) is 17.0. The lowest BCUT2D eigenvalue weighted by Crippen LogP contribution is -2.46. The summed E-state index contributed by atoms with van der Waals surface area (Å²) in [6, 6.07) is 18.6. The van der Waals surface area contributed by atoms with E-state index in [-0.39, 0.29) is 0 Å². The number of aryl methyl sites for hydroxylation is 1. The Morgan fingerprint density at radius 1 is 1.00 bits per heavy atom. The van der Waals surface area contributed by atoms with Crippen molar-refractivity contribution < 1.29 is 4.74 Å². The van der Waals surface area contributed by atoms with Crippen LogP contribution in [0, 0.1) is 6.92 Å². The van der Waals surface area contributed by atoms with Gasteiger partial charge in [-0.25, -0.2) is 4.98 Å². The van der Waals surface area contributed by atoms with Gasteiger partial charge in [0.05, 0.1) is 12.8 Å². The maximum atomic E-state index is 5.46. The van der Waals surface area contributed by atoms with E-state index < -0.39 is 0 Å². The zero-order chi connectivity index (χ0) is 20.1. The number of rotatable bonds is 6. The van der Waals surface area contributed by atoms with E-state index in [9.17, 15) is 0 Å². The molecule has 150 valence electrons. The third kappa shape index (κ3) is 4.84. The first-order valence-electron chi connectivity index (χ1n) is 9.97. The summed E-state index contributed by atoms with van der Waals surface area (Å²) in [7, 11) is 1.68. The van der Waals surface area contributed by atoms with Crippen molar-refractivity contribution in [2.24, 2.45) is 0 Å². The minimum Gasteiger partial charge on any atom is -0.495 e. The number of nitrogens with zero attached hydrogens (tertiary/aromatic N) is 4. The molecule has 3 aromatic rings. The molecule has 0 radical (unpaired) electrons. The number of hydrogen-bond acceptors (Lipinski definition) is 6. The number of benzene rings is 2. The van der Waals surface area contributed by atoms with Crippen molar-refractivity contribution in [2.45, 2.75) is 13.5 Å². The molecule has 0 spiro atoms. The van der Waals surface area contributed by atoms with E-state index >= 15 is 0 Å². The molecule has 2 aromatic carbocycles. The van der Waals surface area contributed by atoms with Gasteiger partial charge in [0.2, 0.25) is 5.95 Å². The first-order chi connectivity index (χ1) is 14.2. The Morgan fingerprint density at radius 3 is 2.55 bits per heavy atom. The quantitative estimate of drug-likeness (QED) is 0.691. The molecule has 2 heterocycles. The van der Waals surface area contributed by atoms with E-state index in [0.717, 1.165) is 61.5 Å². The van der Waals surface area contributed by atoms with Crippen LogP contribution in [0.5, 0.6) is 5.75 Å². The van der Waals surface area contributed by atoms with Crippen LogP contribution >= 0.6 is 0 Å². The predicted octanol–water partition coefficient (Wildman–Crippen LogP) is 3.86. The topological polar surface area (TPSA) is 53.5 Å². The van der Waals surface area contributed by atoms with E-state index in [2.05, 4.69) is 63.4 Å². The first kappa shape index (κ1) is 19.2. The molecule has 1 aliphatic rings. The number of aromatic nitrogens is 2. The molecule has 1 N–H and O–H groups in total. The van der Waals surface area contributed by atoms with Crippen molar-refractivity contribution in [3.63, 3.8) is 0 Å². The van der Waals surface area contributed by atoms with Crippen LogP contribution in [-0.4, -0.2) is 48.2 Å². The third-order valence-corrected chi connectivity index (χ3v) is 5.16. The Balaban J connectivity index is 1.40. The first-order valence-corrected chi connectivity index (χ1v) is 9.97. The molecule has 1 fully saturated rings. The lowest BCUT2D eigenvalue weighted by atomic mass is 10.2. The van der Waals surface area contributed by atoms with Crippen molar-refractivity contribution in [1.29, 1.82) is 0 Å². The van der Waals surface area contributed by atoms with Gasteiger partial charge in [-0.3, -0.25) is 4.90 Å². The normalized spacial score (nSPS) is 14.6. The minimum absolute atomic E-state index is 0.765. The van der Waals surface area contributed by atoms with Crippen molar-refractivity contribution >= 4 is 17.5 Å². The zero-order valence-corrected chi connectivity index (χ0v) is 17.0. The summed E-state index contributed by atoms with van der Waals surface area (Å²) in [5, 5.41) is 3.37. The summed E-state index contributed by atoms with van der Waals surface area (Å²) in [6.45, 7) is 6.90. The average molecular weight is 390 g/mol. The van der Waals surface area contributed by atoms with Gasteiger partial charge in [-0.1, -0.05) is 36.4 Å². The van der Waals surface area contributed by atoms with Gasteiger partial charge in [0.15, 0.2) is 0 Å². The maximum absolute atomic E-state index is 5.46. The molecule has 0 aliphatic carbocycles. The molecule has 1 saturated heterocycles. The van der Waals surface area contributed by atoms with Gasteiger partial charge in [-0.2, -0.15) is 4.98 Å². The molecule has 0 bridgehead atoms. The van der Waals surface area contributed by atoms with Crippen LogP contribution in [0.25, 0.3) is 0 Å². The highest BCUT2D eigenvalue weighted by atomic mass is 16.5. The van der Waals surface area contributed by atoms with Crippen LogP contribution in [0.15, 0.2) is 60.8 Å². The monoisotopic (exact) mass is 389 g/mol. The Kier molecular flexibility index (Phi) is 5.91. The fourth-order valence-corrected chi connectivity index (χ4v) is 3.58. The van der Waals surface area contributed by atoms with Crippen molar-refractivity contribution in [1.82, 2.24) is 14.9 Å². The summed E-state index contributed by atoms with van der Waals surface area (Å²) in [4.78, 5) is 14.0. The number of piperazine rings is 1.